The highest BCUT2D eigenvalue weighted by Gasteiger charge is 2.26. The van der Waals surface area contributed by atoms with Crippen LogP contribution in [0.25, 0.3) is 0 Å². The van der Waals surface area contributed by atoms with Gasteiger partial charge in [-0.3, -0.25) is 4.31 Å². The van der Waals surface area contributed by atoms with Crippen LogP contribution in [0.5, 0.6) is 5.75 Å². The average Bonchev–Trinajstić information content (AvgIpc) is 2.54. The molecule has 0 atom stereocenters. The molecule has 0 aliphatic carbocycles. The van der Waals surface area contributed by atoms with Crippen LogP contribution in [0, 0.1) is 6.92 Å². The molecule has 0 unspecified atom stereocenters. The molecule has 0 aromatic heterocycles. The number of rotatable bonds is 5. The number of para-hydroxylation sites is 2. The molecule has 0 saturated heterocycles. The van der Waals surface area contributed by atoms with Gasteiger partial charge in [-0.25, -0.2) is 13.2 Å². The molecule has 0 heterocycles. The Hall–Kier alpha value is -2.54. The summed E-state index contributed by atoms with van der Waals surface area (Å²) in [6.07, 6.45) is 0. The zero-order chi connectivity index (χ0) is 17.2. The van der Waals surface area contributed by atoms with Crippen molar-refractivity contribution >= 4 is 21.7 Å². The Bertz CT molecular complexity index is 845. The predicted molar refractivity (Wildman–Crippen MR) is 86.7 cm³/mol. The number of carboxylic acid groups (broad SMARTS) is 1. The van der Waals surface area contributed by atoms with Gasteiger partial charge in [-0.1, -0.05) is 18.2 Å². The second kappa shape index (κ2) is 6.29. The van der Waals surface area contributed by atoms with E-state index in [1.54, 1.807) is 31.2 Å². The van der Waals surface area contributed by atoms with Crippen molar-refractivity contribution in [2.75, 3.05) is 18.5 Å². The number of aryl methyl sites for hydroxylation is 1. The lowest BCUT2D eigenvalue weighted by atomic mass is 10.1. The van der Waals surface area contributed by atoms with Crippen LogP contribution in [0.4, 0.5) is 5.69 Å². The maximum absolute atomic E-state index is 12.9. The molecule has 0 fully saturated rings. The Morgan fingerprint density at radius 1 is 1.17 bits per heavy atom. The van der Waals surface area contributed by atoms with Crippen molar-refractivity contribution in [3.63, 3.8) is 0 Å². The molecular weight excluding hydrogens is 318 g/mol. The van der Waals surface area contributed by atoms with E-state index in [0.29, 0.717) is 17.0 Å². The summed E-state index contributed by atoms with van der Waals surface area (Å²) in [6.45, 7) is 1.62. The first-order valence-corrected chi connectivity index (χ1v) is 8.19. The Kier molecular flexibility index (Phi) is 4.60. The van der Waals surface area contributed by atoms with Crippen LogP contribution in [-0.2, 0) is 10.0 Å². The summed E-state index contributed by atoms with van der Waals surface area (Å²) in [4.78, 5) is 11.1. The standard InChI is InChI=1S/C16H17NO5S/c1-11-8-9-12(16(18)19)10-15(11)23(20,21)17(2)13-6-4-5-7-14(13)22-3/h4-10H,1-3H3,(H,18,19). The van der Waals surface area contributed by atoms with Gasteiger partial charge < -0.3 is 9.84 Å². The Morgan fingerprint density at radius 2 is 1.83 bits per heavy atom. The van der Waals surface area contributed by atoms with Gasteiger partial charge in [0.15, 0.2) is 0 Å². The van der Waals surface area contributed by atoms with Gasteiger partial charge in [0.1, 0.15) is 5.75 Å². The first-order chi connectivity index (χ1) is 10.8. The van der Waals surface area contributed by atoms with Crippen molar-refractivity contribution < 1.29 is 23.1 Å². The van der Waals surface area contributed by atoms with Crippen LogP contribution in [0.2, 0.25) is 0 Å². The largest absolute Gasteiger partial charge is 0.495 e. The van der Waals surface area contributed by atoms with Crippen LogP contribution in [-0.4, -0.2) is 33.7 Å². The molecular formula is C16H17NO5S. The van der Waals surface area contributed by atoms with E-state index in [0.717, 1.165) is 4.31 Å². The number of anilines is 1. The lowest BCUT2D eigenvalue weighted by Crippen LogP contribution is -2.27. The number of nitrogens with zero attached hydrogens (tertiary/aromatic N) is 1. The highest BCUT2D eigenvalue weighted by molar-refractivity contribution is 7.92. The number of benzene rings is 2. The molecule has 0 amide bonds. The third kappa shape index (κ3) is 3.14. The number of ether oxygens (including phenoxy) is 1. The van der Waals surface area contributed by atoms with Gasteiger partial charge in [-0.05, 0) is 36.8 Å². The second-order valence-corrected chi connectivity index (χ2v) is 6.87. The monoisotopic (exact) mass is 335 g/mol. The predicted octanol–water partition coefficient (Wildman–Crippen LogP) is 2.53. The van der Waals surface area contributed by atoms with E-state index in [1.165, 1.54) is 32.4 Å². The van der Waals surface area contributed by atoms with Gasteiger partial charge in [0.05, 0.1) is 23.3 Å². The maximum atomic E-state index is 12.9. The highest BCUT2D eigenvalue weighted by Crippen LogP contribution is 2.31. The van der Waals surface area contributed by atoms with Crippen molar-refractivity contribution in [1.82, 2.24) is 0 Å². The first kappa shape index (κ1) is 16.8. The summed E-state index contributed by atoms with van der Waals surface area (Å²) in [6, 6.07) is 10.7. The summed E-state index contributed by atoms with van der Waals surface area (Å²) in [5.41, 5.74) is 0.759. The van der Waals surface area contributed by atoms with Gasteiger partial charge in [0.2, 0.25) is 0 Å². The minimum Gasteiger partial charge on any atom is -0.495 e. The fraction of sp³-hybridized carbons (Fsp3) is 0.188. The molecule has 1 N–H and O–H groups in total. The Morgan fingerprint density at radius 3 is 2.43 bits per heavy atom. The smallest absolute Gasteiger partial charge is 0.335 e. The molecule has 0 radical (unpaired) electrons. The summed E-state index contributed by atoms with van der Waals surface area (Å²) < 4.78 is 32.0. The molecule has 122 valence electrons. The molecule has 0 saturated carbocycles. The lowest BCUT2D eigenvalue weighted by Gasteiger charge is -2.22. The van der Waals surface area contributed by atoms with E-state index in [9.17, 15) is 13.2 Å². The molecule has 0 aliphatic heterocycles. The number of carboxylic acids is 1. The van der Waals surface area contributed by atoms with Gasteiger partial charge in [0.25, 0.3) is 10.0 Å². The fourth-order valence-corrected chi connectivity index (χ4v) is 3.63. The Labute approximate surface area is 135 Å². The summed E-state index contributed by atoms with van der Waals surface area (Å²) in [5, 5.41) is 9.08. The second-order valence-electron chi connectivity index (χ2n) is 4.93. The van der Waals surface area contributed by atoms with Gasteiger partial charge >= 0.3 is 5.97 Å². The summed E-state index contributed by atoms with van der Waals surface area (Å²) >= 11 is 0. The minimum absolute atomic E-state index is 0.0502. The minimum atomic E-state index is -3.92. The van der Waals surface area contributed by atoms with Gasteiger partial charge in [0, 0.05) is 7.05 Å². The molecule has 0 bridgehead atoms. The quantitative estimate of drug-likeness (QED) is 0.908. The molecule has 2 aromatic carbocycles. The van der Waals surface area contributed by atoms with Crippen LogP contribution in [0.3, 0.4) is 0 Å². The van der Waals surface area contributed by atoms with Crippen LogP contribution in [0.1, 0.15) is 15.9 Å². The van der Waals surface area contributed by atoms with Gasteiger partial charge in [-0.15, -0.1) is 0 Å². The van der Waals surface area contributed by atoms with Gasteiger partial charge in [-0.2, -0.15) is 0 Å². The van der Waals surface area contributed by atoms with Crippen molar-refractivity contribution in [3.05, 3.63) is 53.6 Å². The van der Waals surface area contributed by atoms with E-state index in [4.69, 9.17) is 9.84 Å². The van der Waals surface area contributed by atoms with E-state index >= 15 is 0 Å². The zero-order valence-electron chi connectivity index (χ0n) is 13.0. The van der Waals surface area contributed by atoms with Crippen molar-refractivity contribution in [2.24, 2.45) is 0 Å². The lowest BCUT2D eigenvalue weighted by molar-refractivity contribution is 0.0696. The molecule has 2 rings (SSSR count). The first-order valence-electron chi connectivity index (χ1n) is 6.75. The molecule has 23 heavy (non-hydrogen) atoms. The van der Waals surface area contributed by atoms with Crippen molar-refractivity contribution in [2.45, 2.75) is 11.8 Å². The molecule has 0 aliphatic rings. The third-order valence-electron chi connectivity index (χ3n) is 3.50. The summed E-state index contributed by atoms with van der Waals surface area (Å²) in [7, 11) is -1.06. The van der Waals surface area contributed by atoms with Crippen molar-refractivity contribution in [3.8, 4) is 5.75 Å². The normalized spacial score (nSPS) is 11.1. The number of methoxy groups -OCH3 is 1. The van der Waals surface area contributed by atoms with E-state index in [2.05, 4.69) is 0 Å². The third-order valence-corrected chi connectivity index (χ3v) is 5.41. The van der Waals surface area contributed by atoms with Crippen LogP contribution < -0.4 is 9.04 Å². The number of hydrogen-bond acceptors (Lipinski definition) is 4. The fourth-order valence-electron chi connectivity index (χ4n) is 2.18. The van der Waals surface area contributed by atoms with E-state index < -0.39 is 16.0 Å². The molecule has 6 nitrogen and oxygen atoms in total. The number of aromatic carboxylic acids is 1. The Balaban J connectivity index is 2.58. The van der Waals surface area contributed by atoms with Crippen LogP contribution >= 0.6 is 0 Å². The molecule has 0 spiro atoms. The summed E-state index contributed by atoms with van der Waals surface area (Å²) in [5.74, 6) is -0.771. The molecule has 7 heteroatoms. The number of carbonyl (C=O) groups is 1. The van der Waals surface area contributed by atoms with E-state index in [-0.39, 0.29) is 10.5 Å². The topological polar surface area (TPSA) is 83.9 Å². The van der Waals surface area contributed by atoms with Crippen molar-refractivity contribution in [1.29, 1.82) is 0 Å². The highest BCUT2D eigenvalue weighted by atomic mass is 32.2. The molecule has 2 aromatic rings. The SMILES string of the molecule is COc1ccccc1N(C)S(=O)(=O)c1cc(C(=O)O)ccc1C. The number of hydrogen-bond donors (Lipinski definition) is 1. The average molecular weight is 335 g/mol. The van der Waals surface area contributed by atoms with E-state index in [1.807, 2.05) is 0 Å². The number of sulfonamides is 1. The maximum Gasteiger partial charge on any atom is 0.335 e. The zero-order valence-corrected chi connectivity index (χ0v) is 13.8. The van der Waals surface area contributed by atoms with Crippen LogP contribution in [0.15, 0.2) is 47.4 Å².